The summed E-state index contributed by atoms with van der Waals surface area (Å²) in [6, 6.07) is 1.73. The number of aryl methyl sites for hydroxylation is 1. The molecule has 1 aliphatic carbocycles. The molecule has 3 nitrogen and oxygen atoms in total. The number of nitrogen functional groups attached to an aromatic ring is 1. The Hall–Kier alpha value is -1.16. The zero-order chi connectivity index (χ0) is 11.8. The highest BCUT2D eigenvalue weighted by Gasteiger charge is 2.39. The van der Waals surface area contributed by atoms with Crippen molar-refractivity contribution in [2.45, 2.75) is 44.3 Å². The lowest BCUT2D eigenvalue weighted by Crippen LogP contribution is -2.37. The molecular weight excluding hydrogens is 205 g/mol. The van der Waals surface area contributed by atoms with Gasteiger partial charge in [-0.2, -0.15) is 0 Å². The number of nitrogens with two attached hydrogens (primary N) is 2. The summed E-state index contributed by atoms with van der Waals surface area (Å²) in [6.45, 7) is 1.87. The van der Waals surface area contributed by atoms with Gasteiger partial charge in [0, 0.05) is 24.2 Å². The van der Waals surface area contributed by atoms with Gasteiger partial charge in [0.25, 0.3) is 0 Å². The second kappa shape index (κ2) is 4.01. The van der Waals surface area contributed by atoms with Crippen LogP contribution in [0, 0.1) is 6.92 Å². The van der Waals surface area contributed by atoms with Gasteiger partial charge < -0.3 is 11.5 Å². The average molecular weight is 223 g/mol. The first kappa shape index (κ1) is 11.3. The average Bonchev–Trinajstić information content (AvgIpc) is 2.16. The van der Waals surface area contributed by atoms with Crippen LogP contribution in [0.1, 0.15) is 36.8 Å². The largest absolute Gasteiger partial charge is 0.383 e. The third kappa shape index (κ3) is 1.89. The van der Waals surface area contributed by atoms with Gasteiger partial charge in [0.1, 0.15) is 11.5 Å². The number of alkyl halides is 1. The molecule has 2 rings (SSSR count). The van der Waals surface area contributed by atoms with Crippen LogP contribution in [0.3, 0.4) is 0 Å². The van der Waals surface area contributed by atoms with Gasteiger partial charge in [0.2, 0.25) is 0 Å². The first-order valence-corrected chi connectivity index (χ1v) is 5.69. The Kier molecular flexibility index (Phi) is 2.84. The van der Waals surface area contributed by atoms with E-state index in [9.17, 15) is 4.39 Å². The molecule has 1 fully saturated rings. The fourth-order valence-electron chi connectivity index (χ4n) is 2.65. The molecule has 88 valence electrons. The molecule has 2 atom stereocenters. The minimum Gasteiger partial charge on any atom is -0.383 e. The molecule has 1 aromatic heterocycles. The number of hydrogen-bond donors (Lipinski definition) is 2. The molecule has 4 N–H and O–H groups in total. The Balaban J connectivity index is 2.42. The Bertz CT molecular complexity index is 374. The molecule has 0 aliphatic heterocycles. The van der Waals surface area contributed by atoms with Gasteiger partial charge >= 0.3 is 0 Å². The molecule has 1 aromatic rings. The maximum atomic E-state index is 14.9. The van der Waals surface area contributed by atoms with Crippen LogP contribution in [0.2, 0.25) is 0 Å². The first-order chi connectivity index (χ1) is 7.53. The van der Waals surface area contributed by atoms with Crippen LogP contribution in [-0.4, -0.2) is 11.0 Å². The minimum atomic E-state index is -1.39. The summed E-state index contributed by atoms with van der Waals surface area (Å²) < 4.78 is 14.9. The SMILES string of the molecule is Cc1ccnc(N)c1C1(F)CCCC(N)C1. The summed E-state index contributed by atoms with van der Waals surface area (Å²) in [7, 11) is 0. The molecule has 0 saturated heterocycles. The molecular formula is C12H18FN3. The van der Waals surface area contributed by atoms with Gasteiger partial charge in [0.15, 0.2) is 0 Å². The maximum absolute atomic E-state index is 14.9. The highest BCUT2D eigenvalue weighted by atomic mass is 19.1. The van der Waals surface area contributed by atoms with E-state index in [1.165, 1.54) is 0 Å². The van der Waals surface area contributed by atoms with Crippen molar-refractivity contribution in [3.63, 3.8) is 0 Å². The summed E-state index contributed by atoms with van der Waals surface area (Å²) in [5.41, 5.74) is 11.7. The summed E-state index contributed by atoms with van der Waals surface area (Å²) in [5.74, 6) is 0.302. The van der Waals surface area contributed by atoms with Crippen molar-refractivity contribution < 1.29 is 4.39 Å². The number of anilines is 1. The van der Waals surface area contributed by atoms with E-state index >= 15 is 0 Å². The van der Waals surface area contributed by atoms with E-state index in [-0.39, 0.29) is 6.04 Å². The first-order valence-electron chi connectivity index (χ1n) is 5.69. The van der Waals surface area contributed by atoms with E-state index in [2.05, 4.69) is 4.98 Å². The summed E-state index contributed by atoms with van der Waals surface area (Å²) >= 11 is 0. The summed E-state index contributed by atoms with van der Waals surface area (Å²) in [4.78, 5) is 3.98. The molecule has 1 heterocycles. The number of pyridine rings is 1. The van der Waals surface area contributed by atoms with Crippen LogP contribution in [0.5, 0.6) is 0 Å². The smallest absolute Gasteiger partial charge is 0.141 e. The van der Waals surface area contributed by atoms with Crippen molar-refractivity contribution in [2.24, 2.45) is 5.73 Å². The summed E-state index contributed by atoms with van der Waals surface area (Å²) in [6.07, 6.45) is 4.16. The molecule has 1 aliphatic rings. The van der Waals surface area contributed by atoms with Crippen molar-refractivity contribution in [1.29, 1.82) is 0 Å². The zero-order valence-corrected chi connectivity index (χ0v) is 9.54. The standard InChI is InChI=1S/C12H18FN3/c1-8-4-6-16-11(15)10(8)12(13)5-2-3-9(14)7-12/h4,6,9H,2-3,5,7,14H2,1H3,(H2,15,16). The highest BCUT2D eigenvalue weighted by molar-refractivity contribution is 5.48. The molecule has 0 spiro atoms. The molecule has 0 amide bonds. The van der Waals surface area contributed by atoms with Crippen molar-refractivity contribution in [1.82, 2.24) is 4.98 Å². The Morgan fingerprint density at radius 1 is 1.56 bits per heavy atom. The van der Waals surface area contributed by atoms with E-state index in [4.69, 9.17) is 11.5 Å². The van der Waals surface area contributed by atoms with Crippen LogP contribution in [-0.2, 0) is 5.67 Å². The van der Waals surface area contributed by atoms with Crippen LogP contribution in [0.25, 0.3) is 0 Å². The van der Waals surface area contributed by atoms with E-state index in [1.807, 2.05) is 6.92 Å². The monoisotopic (exact) mass is 223 g/mol. The van der Waals surface area contributed by atoms with Crippen LogP contribution in [0.15, 0.2) is 12.3 Å². The lowest BCUT2D eigenvalue weighted by molar-refractivity contribution is 0.0946. The molecule has 4 heteroatoms. The van der Waals surface area contributed by atoms with Crippen LogP contribution >= 0.6 is 0 Å². The Labute approximate surface area is 95.0 Å². The van der Waals surface area contributed by atoms with Crippen LogP contribution in [0.4, 0.5) is 10.2 Å². The fourth-order valence-corrected chi connectivity index (χ4v) is 2.65. The molecule has 0 aromatic carbocycles. The highest BCUT2D eigenvalue weighted by Crippen LogP contribution is 2.43. The number of nitrogens with zero attached hydrogens (tertiary/aromatic N) is 1. The van der Waals surface area contributed by atoms with Crippen molar-refractivity contribution in [3.8, 4) is 0 Å². The van der Waals surface area contributed by atoms with Gasteiger partial charge in [0.05, 0.1) is 0 Å². The second-order valence-electron chi connectivity index (χ2n) is 4.71. The topological polar surface area (TPSA) is 64.9 Å². The Morgan fingerprint density at radius 2 is 2.31 bits per heavy atom. The van der Waals surface area contributed by atoms with Gasteiger partial charge in [-0.25, -0.2) is 9.37 Å². The fraction of sp³-hybridized carbons (Fsp3) is 0.583. The van der Waals surface area contributed by atoms with Gasteiger partial charge in [-0.05, 0) is 37.8 Å². The second-order valence-corrected chi connectivity index (χ2v) is 4.71. The van der Waals surface area contributed by atoms with Crippen LogP contribution < -0.4 is 11.5 Å². The predicted molar refractivity (Wildman–Crippen MR) is 62.6 cm³/mol. The third-order valence-electron chi connectivity index (χ3n) is 3.37. The van der Waals surface area contributed by atoms with E-state index in [0.29, 0.717) is 24.2 Å². The normalized spacial score (nSPS) is 30.3. The predicted octanol–water partition coefficient (Wildman–Crippen LogP) is 2.04. The van der Waals surface area contributed by atoms with E-state index in [1.54, 1.807) is 12.3 Å². The molecule has 0 radical (unpaired) electrons. The zero-order valence-electron chi connectivity index (χ0n) is 9.54. The Morgan fingerprint density at radius 3 is 2.94 bits per heavy atom. The maximum Gasteiger partial charge on any atom is 0.141 e. The van der Waals surface area contributed by atoms with E-state index in [0.717, 1.165) is 18.4 Å². The van der Waals surface area contributed by atoms with Gasteiger partial charge in [-0.15, -0.1) is 0 Å². The number of rotatable bonds is 1. The molecule has 2 unspecified atom stereocenters. The van der Waals surface area contributed by atoms with E-state index < -0.39 is 5.67 Å². The summed E-state index contributed by atoms with van der Waals surface area (Å²) in [5, 5.41) is 0. The molecule has 0 bridgehead atoms. The minimum absolute atomic E-state index is 0.0715. The number of hydrogen-bond acceptors (Lipinski definition) is 3. The molecule has 16 heavy (non-hydrogen) atoms. The van der Waals surface area contributed by atoms with Gasteiger partial charge in [-0.1, -0.05) is 0 Å². The third-order valence-corrected chi connectivity index (χ3v) is 3.37. The van der Waals surface area contributed by atoms with Crippen molar-refractivity contribution >= 4 is 5.82 Å². The van der Waals surface area contributed by atoms with Crippen molar-refractivity contribution in [2.75, 3.05) is 5.73 Å². The number of halogens is 1. The van der Waals surface area contributed by atoms with Crippen molar-refractivity contribution in [3.05, 3.63) is 23.4 Å². The number of aromatic nitrogens is 1. The lowest BCUT2D eigenvalue weighted by Gasteiger charge is -2.34. The molecule has 1 saturated carbocycles. The quantitative estimate of drug-likeness (QED) is 0.765. The lowest BCUT2D eigenvalue weighted by atomic mass is 9.78. The van der Waals surface area contributed by atoms with Gasteiger partial charge in [-0.3, -0.25) is 0 Å².